The van der Waals surface area contributed by atoms with E-state index < -0.39 is 20.0 Å². The summed E-state index contributed by atoms with van der Waals surface area (Å²) < 4.78 is 27.8. The second-order valence-corrected chi connectivity index (χ2v) is 17.5. The van der Waals surface area contributed by atoms with E-state index in [1.165, 1.54) is 18.2 Å². The van der Waals surface area contributed by atoms with Crippen molar-refractivity contribution in [3.05, 3.63) is 46.5 Å². The third-order valence-corrected chi connectivity index (χ3v) is 11.9. The summed E-state index contributed by atoms with van der Waals surface area (Å²) in [6.45, 7) is 19.8. The molecule has 0 radical (unpaired) electrons. The molecule has 0 saturated carbocycles. The van der Waals surface area contributed by atoms with Crippen molar-refractivity contribution in [1.82, 2.24) is 14.8 Å². The van der Waals surface area contributed by atoms with Crippen LogP contribution >= 0.6 is 0 Å². The second kappa shape index (κ2) is 11.3. The zero-order valence-corrected chi connectivity index (χ0v) is 24.7. The molecule has 0 spiro atoms. The van der Waals surface area contributed by atoms with Crippen LogP contribution in [0.5, 0.6) is 0 Å². The van der Waals surface area contributed by atoms with Gasteiger partial charge in [-0.05, 0) is 80.9 Å². The van der Waals surface area contributed by atoms with Crippen LogP contribution in [0.1, 0.15) is 48.0 Å². The Morgan fingerprint density at radius 3 is 2.41 bits per heavy atom. The number of carbonyl (C=O) groups is 1. The number of hydrogen-bond donors (Lipinski definition) is 1. The number of nitrogens with zero attached hydrogens (tertiary/aromatic N) is 2. The summed E-state index contributed by atoms with van der Waals surface area (Å²) in [6.07, 6.45) is 0.454. The van der Waals surface area contributed by atoms with Crippen LogP contribution in [0.2, 0.25) is 18.1 Å². The molecule has 1 aromatic carbocycles. The Bertz CT molecular complexity index is 1150. The average Bonchev–Trinajstić information content (AvgIpc) is 2.74. The largest absolute Gasteiger partial charge is 0.444 e. The highest BCUT2D eigenvalue weighted by Gasteiger charge is 2.41. The summed E-state index contributed by atoms with van der Waals surface area (Å²) in [5, 5.41) is 3.84. The molecule has 0 unspecified atom stereocenters. The van der Waals surface area contributed by atoms with E-state index in [4.69, 9.17) is 9.16 Å². The number of nitrogens with one attached hydrogen (secondary N) is 1. The van der Waals surface area contributed by atoms with Crippen molar-refractivity contribution >= 4 is 25.3 Å². The normalized spacial score (nSPS) is 19.7. The van der Waals surface area contributed by atoms with Crippen molar-refractivity contribution in [3.63, 3.8) is 0 Å². The number of amides is 1. The molecule has 2 heterocycles. The number of hydrogen-bond acceptors (Lipinski definition) is 5. The molecule has 0 bridgehead atoms. The molecule has 1 saturated heterocycles. The molecule has 206 valence electrons. The number of halogens is 1. The molecule has 0 aliphatic carbocycles. The Morgan fingerprint density at radius 1 is 1.08 bits per heavy atom. The van der Waals surface area contributed by atoms with Gasteiger partial charge in [-0.2, -0.15) is 0 Å². The van der Waals surface area contributed by atoms with Crippen LogP contribution in [-0.4, -0.2) is 61.8 Å². The first-order valence-corrected chi connectivity index (χ1v) is 16.1. The molecule has 1 amide bonds. The van der Waals surface area contributed by atoms with Crippen LogP contribution in [0.4, 0.5) is 9.18 Å². The molecule has 1 aliphatic rings. The van der Waals surface area contributed by atoms with Crippen LogP contribution < -0.4 is 10.9 Å². The van der Waals surface area contributed by atoms with E-state index in [-0.39, 0.29) is 28.4 Å². The molecule has 3 rings (SSSR count). The summed E-state index contributed by atoms with van der Waals surface area (Å²) in [7, 11) is -2.00. The molecule has 37 heavy (non-hydrogen) atoms. The van der Waals surface area contributed by atoms with Gasteiger partial charge in [0.05, 0.1) is 11.6 Å². The fourth-order valence-corrected chi connectivity index (χ4v) is 5.89. The molecule has 2 atom stereocenters. The van der Waals surface area contributed by atoms with Crippen molar-refractivity contribution in [1.29, 1.82) is 0 Å². The van der Waals surface area contributed by atoms with Gasteiger partial charge in [-0.25, -0.2) is 9.18 Å². The van der Waals surface area contributed by atoms with E-state index >= 15 is 0 Å². The molecule has 1 aromatic heterocycles. The van der Waals surface area contributed by atoms with E-state index in [0.29, 0.717) is 25.2 Å². The molecule has 2 aromatic rings. The minimum absolute atomic E-state index is 0.0294. The van der Waals surface area contributed by atoms with Gasteiger partial charge in [0.25, 0.3) is 5.56 Å². The van der Waals surface area contributed by atoms with Gasteiger partial charge < -0.3 is 19.0 Å². The number of aromatic nitrogens is 1. The molecular formula is C28H44FN3O4Si. The highest BCUT2D eigenvalue weighted by Crippen LogP contribution is 2.38. The van der Waals surface area contributed by atoms with Crippen molar-refractivity contribution in [2.45, 2.75) is 84.3 Å². The second-order valence-electron chi connectivity index (χ2n) is 12.8. The summed E-state index contributed by atoms with van der Waals surface area (Å²) in [5.41, 5.74) is -0.101. The standard InChI is InChI=1S/C28H44FN3O4Si/c1-27(2,3)35-26(34)30-17-20-15-23(36-37(7,8)28(4,5)6)19-31(18-20)13-14-32-24-16-22(29)11-9-21(24)10-12-25(32)33/h9-12,16,20,23H,13-15,17-19H2,1-8H3,(H,30,34)/t20-,23-/m1/s1. The van der Waals surface area contributed by atoms with E-state index in [1.54, 1.807) is 16.7 Å². The Labute approximate surface area is 221 Å². The number of carbonyl (C=O) groups excluding carboxylic acids is 1. The quantitative estimate of drug-likeness (QED) is 0.484. The molecule has 1 N–H and O–H groups in total. The number of alkyl carbamates (subject to hydrolysis) is 1. The fourth-order valence-electron chi connectivity index (χ4n) is 4.53. The number of benzene rings is 1. The van der Waals surface area contributed by atoms with Crippen molar-refractivity contribution in [2.75, 3.05) is 26.2 Å². The van der Waals surface area contributed by atoms with E-state index in [2.05, 4.69) is 44.1 Å². The van der Waals surface area contributed by atoms with E-state index in [0.717, 1.165) is 24.9 Å². The summed E-state index contributed by atoms with van der Waals surface area (Å²) in [4.78, 5) is 27.3. The van der Waals surface area contributed by atoms with Gasteiger partial charge in [0.15, 0.2) is 8.32 Å². The van der Waals surface area contributed by atoms with Crippen LogP contribution in [0, 0.1) is 11.7 Å². The molecule has 9 heteroatoms. The van der Waals surface area contributed by atoms with Gasteiger partial charge in [0.2, 0.25) is 0 Å². The third kappa shape index (κ3) is 8.12. The average molecular weight is 534 g/mol. The SMILES string of the molecule is CC(C)(C)OC(=O)NC[C@H]1C[C@@H](O[Si](C)(C)C(C)(C)C)CN(CCn2c(=O)ccc3ccc(F)cc32)C1. The highest BCUT2D eigenvalue weighted by atomic mass is 28.4. The van der Waals surface area contributed by atoms with Gasteiger partial charge in [-0.1, -0.05) is 20.8 Å². The summed E-state index contributed by atoms with van der Waals surface area (Å²) >= 11 is 0. The first kappa shape index (κ1) is 29.3. The van der Waals surface area contributed by atoms with E-state index in [9.17, 15) is 14.0 Å². The monoisotopic (exact) mass is 533 g/mol. The van der Waals surface area contributed by atoms with Gasteiger partial charge >= 0.3 is 6.09 Å². The third-order valence-electron chi connectivity index (χ3n) is 7.37. The summed E-state index contributed by atoms with van der Waals surface area (Å²) in [5.74, 6) is -0.182. The molecule has 1 aliphatic heterocycles. The maximum atomic E-state index is 14.0. The van der Waals surface area contributed by atoms with Crippen molar-refractivity contribution in [3.8, 4) is 0 Å². The van der Waals surface area contributed by atoms with Crippen LogP contribution in [-0.2, 0) is 15.7 Å². The number of piperidine rings is 1. The lowest BCUT2D eigenvalue weighted by Gasteiger charge is -2.44. The maximum Gasteiger partial charge on any atom is 0.407 e. The van der Waals surface area contributed by atoms with Crippen LogP contribution in [0.25, 0.3) is 10.9 Å². The number of pyridine rings is 1. The zero-order valence-electron chi connectivity index (χ0n) is 23.7. The minimum atomic E-state index is -2.00. The smallest absolute Gasteiger partial charge is 0.407 e. The number of likely N-dealkylation sites (tertiary alicyclic amines) is 1. The minimum Gasteiger partial charge on any atom is -0.444 e. The number of rotatable bonds is 7. The number of ether oxygens (including phenoxy) is 1. The predicted molar refractivity (Wildman–Crippen MR) is 149 cm³/mol. The predicted octanol–water partition coefficient (Wildman–Crippen LogP) is 5.38. The van der Waals surface area contributed by atoms with Crippen LogP contribution in [0.15, 0.2) is 35.1 Å². The lowest BCUT2D eigenvalue weighted by molar-refractivity contribution is 0.0361. The van der Waals surface area contributed by atoms with E-state index in [1.807, 2.05) is 20.8 Å². The van der Waals surface area contributed by atoms with Crippen molar-refractivity contribution < 1.29 is 18.3 Å². The maximum absolute atomic E-state index is 14.0. The van der Waals surface area contributed by atoms with Gasteiger partial charge in [-0.3, -0.25) is 9.69 Å². The fraction of sp³-hybridized carbons (Fsp3) is 0.643. The first-order valence-electron chi connectivity index (χ1n) is 13.2. The first-order chi connectivity index (χ1) is 17.0. The Balaban J connectivity index is 1.75. The molecule has 7 nitrogen and oxygen atoms in total. The van der Waals surface area contributed by atoms with Crippen molar-refractivity contribution in [2.24, 2.45) is 5.92 Å². The number of fused-ring (bicyclic) bond motifs is 1. The molecule has 1 fully saturated rings. The molecular weight excluding hydrogens is 489 g/mol. The lowest BCUT2D eigenvalue weighted by atomic mass is 9.96. The highest BCUT2D eigenvalue weighted by molar-refractivity contribution is 6.74. The Kier molecular flexibility index (Phi) is 8.92. The van der Waals surface area contributed by atoms with Crippen LogP contribution in [0.3, 0.4) is 0 Å². The summed E-state index contributed by atoms with van der Waals surface area (Å²) in [6, 6.07) is 7.79. The topological polar surface area (TPSA) is 72.8 Å². The zero-order chi connectivity index (χ0) is 27.6. The lowest BCUT2D eigenvalue weighted by Crippen LogP contribution is -2.53. The van der Waals surface area contributed by atoms with Gasteiger partial charge in [0.1, 0.15) is 11.4 Å². The van der Waals surface area contributed by atoms with Gasteiger partial charge in [-0.15, -0.1) is 0 Å². The Morgan fingerprint density at radius 2 is 1.76 bits per heavy atom. The Hall–Kier alpha value is -2.23. The van der Waals surface area contributed by atoms with Gasteiger partial charge in [0, 0.05) is 38.8 Å².